The van der Waals surface area contributed by atoms with Gasteiger partial charge in [0.2, 0.25) is 5.91 Å². The van der Waals surface area contributed by atoms with E-state index in [0.717, 1.165) is 44.7 Å². The number of piperazine rings is 1. The molecule has 0 bridgehead atoms. The van der Waals surface area contributed by atoms with Gasteiger partial charge in [-0.15, -0.1) is 0 Å². The van der Waals surface area contributed by atoms with Crippen LogP contribution in [0.3, 0.4) is 0 Å². The molecule has 26 heavy (non-hydrogen) atoms. The molecule has 6 heteroatoms. The summed E-state index contributed by atoms with van der Waals surface area (Å²) in [6.07, 6.45) is 1.68. The molecule has 6 nitrogen and oxygen atoms in total. The van der Waals surface area contributed by atoms with Gasteiger partial charge in [0, 0.05) is 43.8 Å². The number of nitrogens with zero attached hydrogens (tertiary/aromatic N) is 4. The molecule has 2 heterocycles. The van der Waals surface area contributed by atoms with Crippen LogP contribution in [0.2, 0.25) is 0 Å². The van der Waals surface area contributed by atoms with Crippen molar-refractivity contribution >= 4 is 11.6 Å². The highest BCUT2D eigenvalue weighted by Gasteiger charge is 2.35. The Morgan fingerprint density at radius 1 is 1.23 bits per heavy atom. The standard InChI is InChI=1S/C20H29N5O/c1-3-25-15(2)13-24(14-19(25)22)20(26)17-8-10-23(11-9-17)18-6-4-16(12-21)5-7-18/h4-7,15,17,19H,3,8-11,13-14,22H2,1-2H3/t15-,19+/m0/s1. The third-order valence-corrected chi connectivity index (χ3v) is 5.77. The second kappa shape index (κ2) is 8.07. The van der Waals surface area contributed by atoms with E-state index in [1.54, 1.807) is 0 Å². The van der Waals surface area contributed by atoms with E-state index in [-0.39, 0.29) is 18.0 Å². The molecule has 1 aromatic carbocycles. The Morgan fingerprint density at radius 2 is 1.88 bits per heavy atom. The second-order valence-electron chi connectivity index (χ2n) is 7.41. The Hall–Kier alpha value is -2.10. The average molecular weight is 355 g/mol. The number of anilines is 1. The Labute approximate surface area is 156 Å². The molecule has 1 amide bonds. The minimum Gasteiger partial charge on any atom is -0.371 e. The fourth-order valence-corrected chi connectivity index (χ4v) is 4.27. The zero-order valence-corrected chi connectivity index (χ0v) is 15.8. The maximum atomic E-state index is 13.0. The lowest BCUT2D eigenvalue weighted by Crippen LogP contribution is -2.63. The molecule has 0 spiro atoms. The van der Waals surface area contributed by atoms with Gasteiger partial charge < -0.3 is 15.5 Å². The van der Waals surface area contributed by atoms with Crippen molar-refractivity contribution in [2.45, 2.75) is 38.9 Å². The molecule has 3 rings (SSSR count). The van der Waals surface area contributed by atoms with Crippen molar-refractivity contribution in [3.05, 3.63) is 29.8 Å². The van der Waals surface area contributed by atoms with Crippen molar-refractivity contribution in [2.75, 3.05) is 37.6 Å². The van der Waals surface area contributed by atoms with Crippen LogP contribution in [0.1, 0.15) is 32.3 Å². The molecule has 2 saturated heterocycles. The van der Waals surface area contributed by atoms with Crippen LogP contribution in [0.5, 0.6) is 0 Å². The number of carbonyl (C=O) groups excluding carboxylic acids is 1. The first-order valence-corrected chi connectivity index (χ1v) is 9.58. The van der Waals surface area contributed by atoms with E-state index in [1.807, 2.05) is 29.2 Å². The molecular weight excluding hydrogens is 326 g/mol. The normalized spacial score (nSPS) is 25.2. The Morgan fingerprint density at radius 3 is 2.42 bits per heavy atom. The predicted molar refractivity (Wildman–Crippen MR) is 102 cm³/mol. The smallest absolute Gasteiger partial charge is 0.225 e. The predicted octanol–water partition coefficient (Wildman–Crippen LogP) is 1.61. The van der Waals surface area contributed by atoms with Gasteiger partial charge in [-0.1, -0.05) is 6.92 Å². The fourth-order valence-electron chi connectivity index (χ4n) is 4.27. The number of nitriles is 1. The summed E-state index contributed by atoms with van der Waals surface area (Å²) >= 11 is 0. The number of likely N-dealkylation sites (N-methyl/N-ethyl adjacent to an activating group) is 1. The van der Waals surface area contributed by atoms with Gasteiger partial charge in [-0.25, -0.2) is 0 Å². The molecule has 1 aromatic rings. The van der Waals surface area contributed by atoms with Crippen LogP contribution < -0.4 is 10.6 Å². The molecule has 2 N–H and O–H groups in total. The molecular formula is C20H29N5O. The van der Waals surface area contributed by atoms with E-state index < -0.39 is 0 Å². The van der Waals surface area contributed by atoms with Crippen LogP contribution in [-0.2, 0) is 4.79 Å². The summed E-state index contributed by atoms with van der Waals surface area (Å²) in [5.74, 6) is 0.361. The van der Waals surface area contributed by atoms with Gasteiger partial charge in [0.05, 0.1) is 17.8 Å². The van der Waals surface area contributed by atoms with E-state index in [0.29, 0.717) is 18.2 Å². The molecule has 2 aliphatic heterocycles. The first kappa shape index (κ1) is 18.7. The van der Waals surface area contributed by atoms with Crippen molar-refractivity contribution < 1.29 is 4.79 Å². The second-order valence-corrected chi connectivity index (χ2v) is 7.41. The average Bonchev–Trinajstić information content (AvgIpc) is 2.67. The zero-order chi connectivity index (χ0) is 18.7. The molecule has 0 radical (unpaired) electrons. The SMILES string of the molecule is CCN1[C@@H](C)CN(C(=O)C2CCN(c3ccc(C#N)cc3)CC2)C[C@@H]1N. The summed E-state index contributed by atoms with van der Waals surface area (Å²) in [7, 11) is 0. The van der Waals surface area contributed by atoms with Crippen LogP contribution >= 0.6 is 0 Å². The lowest BCUT2D eigenvalue weighted by Gasteiger charge is -2.45. The van der Waals surface area contributed by atoms with Gasteiger partial charge in [0.15, 0.2) is 0 Å². The summed E-state index contributed by atoms with van der Waals surface area (Å²) in [5.41, 5.74) is 8.06. The molecule has 0 aromatic heterocycles. The first-order chi connectivity index (χ1) is 12.5. The molecule has 0 saturated carbocycles. The summed E-state index contributed by atoms with van der Waals surface area (Å²) in [4.78, 5) is 19.5. The highest BCUT2D eigenvalue weighted by Crippen LogP contribution is 2.26. The summed E-state index contributed by atoms with van der Waals surface area (Å²) in [6.45, 7) is 8.34. The van der Waals surface area contributed by atoms with Gasteiger partial charge in [0.1, 0.15) is 0 Å². The van der Waals surface area contributed by atoms with Gasteiger partial charge in [0.25, 0.3) is 0 Å². The molecule has 0 aliphatic carbocycles. The zero-order valence-electron chi connectivity index (χ0n) is 15.8. The minimum atomic E-state index is -0.0635. The largest absolute Gasteiger partial charge is 0.371 e. The van der Waals surface area contributed by atoms with Gasteiger partial charge in [-0.05, 0) is 50.6 Å². The topological polar surface area (TPSA) is 76.6 Å². The van der Waals surface area contributed by atoms with Crippen LogP contribution in [-0.4, -0.2) is 60.6 Å². The van der Waals surface area contributed by atoms with E-state index in [4.69, 9.17) is 11.0 Å². The Balaban J connectivity index is 1.56. The van der Waals surface area contributed by atoms with Gasteiger partial charge >= 0.3 is 0 Å². The van der Waals surface area contributed by atoms with Crippen molar-refractivity contribution in [1.29, 1.82) is 5.26 Å². The summed E-state index contributed by atoms with van der Waals surface area (Å²) in [5, 5.41) is 8.91. The van der Waals surface area contributed by atoms with E-state index >= 15 is 0 Å². The third kappa shape index (κ3) is 3.84. The number of nitrogens with two attached hydrogens (primary N) is 1. The monoisotopic (exact) mass is 355 g/mol. The highest BCUT2D eigenvalue weighted by molar-refractivity contribution is 5.79. The van der Waals surface area contributed by atoms with E-state index in [2.05, 4.69) is 29.7 Å². The Bertz CT molecular complexity index is 648. The quantitative estimate of drug-likeness (QED) is 0.891. The van der Waals surface area contributed by atoms with Crippen molar-refractivity contribution in [3.8, 4) is 6.07 Å². The van der Waals surface area contributed by atoms with Crippen molar-refractivity contribution in [1.82, 2.24) is 9.80 Å². The molecule has 0 unspecified atom stereocenters. The molecule has 140 valence electrons. The van der Waals surface area contributed by atoms with Crippen LogP contribution in [0.4, 0.5) is 5.69 Å². The van der Waals surface area contributed by atoms with Gasteiger partial charge in [-0.2, -0.15) is 5.26 Å². The number of carbonyl (C=O) groups is 1. The van der Waals surface area contributed by atoms with Crippen LogP contribution in [0.25, 0.3) is 0 Å². The minimum absolute atomic E-state index is 0.0635. The number of amides is 1. The fraction of sp³-hybridized carbons (Fsp3) is 0.600. The van der Waals surface area contributed by atoms with Crippen molar-refractivity contribution in [2.24, 2.45) is 11.7 Å². The molecule has 2 aliphatic rings. The van der Waals surface area contributed by atoms with Crippen LogP contribution in [0.15, 0.2) is 24.3 Å². The number of hydrogen-bond donors (Lipinski definition) is 1. The van der Waals surface area contributed by atoms with Gasteiger partial charge in [-0.3, -0.25) is 9.69 Å². The lowest BCUT2D eigenvalue weighted by molar-refractivity contribution is -0.140. The number of benzene rings is 1. The Kier molecular flexibility index (Phi) is 5.80. The van der Waals surface area contributed by atoms with Crippen LogP contribution in [0, 0.1) is 17.2 Å². The highest BCUT2D eigenvalue weighted by atomic mass is 16.2. The molecule has 2 fully saturated rings. The maximum absolute atomic E-state index is 13.0. The van der Waals surface area contributed by atoms with E-state index in [9.17, 15) is 4.79 Å². The van der Waals surface area contributed by atoms with E-state index in [1.165, 1.54) is 0 Å². The first-order valence-electron chi connectivity index (χ1n) is 9.58. The maximum Gasteiger partial charge on any atom is 0.225 e. The molecule has 2 atom stereocenters. The number of rotatable bonds is 3. The lowest BCUT2D eigenvalue weighted by atomic mass is 9.94. The summed E-state index contributed by atoms with van der Waals surface area (Å²) < 4.78 is 0. The van der Waals surface area contributed by atoms with Crippen molar-refractivity contribution in [3.63, 3.8) is 0 Å². The summed E-state index contributed by atoms with van der Waals surface area (Å²) in [6, 6.07) is 10.1. The number of hydrogen-bond acceptors (Lipinski definition) is 5. The number of piperidine rings is 1. The third-order valence-electron chi connectivity index (χ3n) is 5.77.